The maximum Gasteiger partial charge on any atom is 0.243 e. The molecular formula is C12H18N2O. The van der Waals surface area contributed by atoms with Crippen LogP contribution in [0.4, 0.5) is 5.69 Å². The Morgan fingerprint density at radius 2 is 1.73 bits per heavy atom. The maximum atomic E-state index is 11.7. The number of hydrogen-bond donors (Lipinski definition) is 1. The number of nitrogens with zero attached hydrogens (tertiary/aromatic N) is 1. The van der Waals surface area contributed by atoms with E-state index in [9.17, 15) is 4.79 Å². The smallest absolute Gasteiger partial charge is 0.243 e. The number of rotatable bonds is 2. The Labute approximate surface area is 91.1 Å². The molecule has 82 valence electrons. The van der Waals surface area contributed by atoms with E-state index in [-0.39, 0.29) is 11.3 Å². The lowest BCUT2D eigenvalue weighted by Crippen LogP contribution is -2.45. The molecule has 0 aliphatic heterocycles. The van der Waals surface area contributed by atoms with Crippen molar-refractivity contribution in [2.45, 2.75) is 20.8 Å². The van der Waals surface area contributed by atoms with Crippen molar-refractivity contribution in [3.63, 3.8) is 0 Å². The van der Waals surface area contributed by atoms with Crippen LogP contribution >= 0.6 is 0 Å². The summed E-state index contributed by atoms with van der Waals surface area (Å²) in [6.07, 6.45) is 0. The Morgan fingerprint density at radius 1 is 1.20 bits per heavy atom. The summed E-state index contributed by atoms with van der Waals surface area (Å²) in [7, 11) is 1.83. The minimum absolute atomic E-state index is 0.00820. The van der Waals surface area contributed by atoms with Gasteiger partial charge in [0.15, 0.2) is 0 Å². The summed E-state index contributed by atoms with van der Waals surface area (Å²) in [6.45, 7) is 5.67. The van der Waals surface area contributed by atoms with Crippen molar-refractivity contribution < 1.29 is 4.79 Å². The molecule has 3 heteroatoms. The molecular weight excluding hydrogens is 188 g/mol. The normalized spacial score (nSPS) is 10.9. The molecule has 0 saturated carbocycles. The molecule has 0 radical (unpaired) electrons. The average molecular weight is 206 g/mol. The Balaban J connectivity index is 2.65. The van der Waals surface area contributed by atoms with Crippen LogP contribution in [-0.4, -0.2) is 13.0 Å². The molecule has 1 rings (SSSR count). The van der Waals surface area contributed by atoms with Gasteiger partial charge in [-0.2, -0.15) is 0 Å². The first-order valence-electron chi connectivity index (χ1n) is 5.01. The highest BCUT2D eigenvalue weighted by molar-refractivity contribution is 5.82. The van der Waals surface area contributed by atoms with Crippen molar-refractivity contribution in [2.75, 3.05) is 12.1 Å². The van der Waals surface area contributed by atoms with E-state index >= 15 is 0 Å². The summed E-state index contributed by atoms with van der Waals surface area (Å²) in [5.74, 6) is 0.00820. The maximum absolute atomic E-state index is 11.7. The molecule has 1 amide bonds. The van der Waals surface area contributed by atoms with Crippen molar-refractivity contribution in [1.29, 1.82) is 0 Å². The van der Waals surface area contributed by atoms with Crippen molar-refractivity contribution in [2.24, 2.45) is 5.41 Å². The summed E-state index contributed by atoms with van der Waals surface area (Å²) in [5.41, 5.74) is 3.43. The number of hydrazine groups is 1. The molecule has 1 N–H and O–H groups in total. The third-order valence-corrected chi connectivity index (χ3v) is 2.09. The van der Waals surface area contributed by atoms with Gasteiger partial charge in [0, 0.05) is 12.5 Å². The highest BCUT2D eigenvalue weighted by Crippen LogP contribution is 2.14. The second-order valence-electron chi connectivity index (χ2n) is 4.59. The van der Waals surface area contributed by atoms with Crippen LogP contribution in [0.3, 0.4) is 0 Å². The largest absolute Gasteiger partial charge is 0.289 e. The van der Waals surface area contributed by atoms with Gasteiger partial charge in [-0.1, -0.05) is 39.0 Å². The number of anilines is 1. The standard InChI is InChI=1S/C12H18N2O/c1-12(2,3)11(15)13-14(4)10-8-6-5-7-9-10/h5-9H,1-4H3,(H,13,15). The van der Waals surface area contributed by atoms with Gasteiger partial charge in [0.05, 0.1) is 5.69 Å². The van der Waals surface area contributed by atoms with Gasteiger partial charge in [-0.15, -0.1) is 0 Å². The van der Waals surface area contributed by atoms with Crippen molar-refractivity contribution in [1.82, 2.24) is 5.43 Å². The molecule has 15 heavy (non-hydrogen) atoms. The second kappa shape index (κ2) is 4.34. The third-order valence-electron chi connectivity index (χ3n) is 2.09. The van der Waals surface area contributed by atoms with E-state index in [1.807, 2.05) is 58.2 Å². The first kappa shape index (κ1) is 11.6. The van der Waals surface area contributed by atoms with Crippen LogP contribution in [0.2, 0.25) is 0 Å². The van der Waals surface area contributed by atoms with Crippen LogP contribution in [-0.2, 0) is 4.79 Å². The van der Waals surface area contributed by atoms with Gasteiger partial charge in [0.2, 0.25) is 5.91 Å². The summed E-state index contributed by atoms with van der Waals surface area (Å²) in [4.78, 5) is 11.7. The highest BCUT2D eigenvalue weighted by atomic mass is 16.2. The van der Waals surface area contributed by atoms with Crippen molar-refractivity contribution >= 4 is 11.6 Å². The summed E-state index contributed by atoms with van der Waals surface area (Å²) >= 11 is 0. The monoisotopic (exact) mass is 206 g/mol. The second-order valence-corrected chi connectivity index (χ2v) is 4.59. The first-order chi connectivity index (χ1) is 6.91. The molecule has 0 saturated heterocycles. The fourth-order valence-electron chi connectivity index (χ4n) is 1.04. The molecule has 0 bridgehead atoms. The number of nitrogens with one attached hydrogen (secondary N) is 1. The van der Waals surface area contributed by atoms with E-state index in [2.05, 4.69) is 5.43 Å². The predicted molar refractivity (Wildman–Crippen MR) is 62.4 cm³/mol. The van der Waals surface area contributed by atoms with Gasteiger partial charge in [-0.3, -0.25) is 15.2 Å². The third kappa shape index (κ3) is 3.27. The topological polar surface area (TPSA) is 32.3 Å². The number of hydrogen-bond acceptors (Lipinski definition) is 2. The van der Waals surface area contributed by atoms with Crippen LogP contribution < -0.4 is 10.4 Å². The molecule has 0 unspecified atom stereocenters. The van der Waals surface area contributed by atoms with Crippen molar-refractivity contribution in [3.8, 4) is 0 Å². The molecule has 0 spiro atoms. The van der Waals surface area contributed by atoms with Gasteiger partial charge in [0.25, 0.3) is 0 Å². The van der Waals surface area contributed by atoms with Crippen molar-refractivity contribution in [3.05, 3.63) is 30.3 Å². The Hall–Kier alpha value is -1.51. The fourth-order valence-corrected chi connectivity index (χ4v) is 1.04. The Kier molecular flexibility index (Phi) is 3.35. The number of benzene rings is 1. The molecule has 0 aliphatic carbocycles. The van der Waals surface area contributed by atoms with Crippen LogP contribution in [0.1, 0.15) is 20.8 Å². The molecule has 0 aromatic heterocycles. The number of para-hydroxylation sites is 1. The van der Waals surface area contributed by atoms with Crippen LogP contribution in [0.5, 0.6) is 0 Å². The minimum Gasteiger partial charge on any atom is -0.289 e. The number of amides is 1. The molecule has 0 fully saturated rings. The average Bonchev–Trinajstić information content (AvgIpc) is 2.17. The zero-order chi connectivity index (χ0) is 11.5. The van der Waals surface area contributed by atoms with E-state index in [1.165, 1.54) is 0 Å². The molecule has 0 atom stereocenters. The summed E-state index contributed by atoms with van der Waals surface area (Å²) < 4.78 is 0. The number of carbonyl (C=O) groups is 1. The van der Waals surface area contributed by atoms with E-state index in [0.29, 0.717) is 0 Å². The molecule has 1 aromatic rings. The fraction of sp³-hybridized carbons (Fsp3) is 0.417. The zero-order valence-corrected chi connectivity index (χ0v) is 9.74. The van der Waals surface area contributed by atoms with Crippen LogP contribution in [0, 0.1) is 5.41 Å². The van der Waals surface area contributed by atoms with Gasteiger partial charge in [-0.25, -0.2) is 0 Å². The molecule has 1 aromatic carbocycles. The van der Waals surface area contributed by atoms with E-state index in [1.54, 1.807) is 5.01 Å². The SMILES string of the molecule is CN(NC(=O)C(C)(C)C)c1ccccc1. The predicted octanol–water partition coefficient (Wildman–Crippen LogP) is 2.20. The lowest BCUT2D eigenvalue weighted by molar-refractivity contribution is -0.128. The molecule has 0 aliphatic rings. The molecule has 3 nitrogen and oxygen atoms in total. The quantitative estimate of drug-likeness (QED) is 0.752. The lowest BCUT2D eigenvalue weighted by Gasteiger charge is -2.25. The van der Waals surface area contributed by atoms with Crippen LogP contribution in [0.15, 0.2) is 30.3 Å². The molecule has 0 heterocycles. The van der Waals surface area contributed by atoms with E-state index < -0.39 is 0 Å². The van der Waals surface area contributed by atoms with Gasteiger partial charge in [-0.05, 0) is 12.1 Å². The van der Waals surface area contributed by atoms with E-state index in [0.717, 1.165) is 5.69 Å². The highest BCUT2D eigenvalue weighted by Gasteiger charge is 2.22. The Morgan fingerprint density at radius 3 is 2.20 bits per heavy atom. The Bertz CT molecular complexity index is 327. The van der Waals surface area contributed by atoms with E-state index in [4.69, 9.17) is 0 Å². The summed E-state index contributed by atoms with van der Waals surface area (Å²) in [6, 6.07) is 9.72. The van der Waals surface area contributed by atoms with Gasteiger partial charge in [0.1, 0.15) is 0 Å². The van der Waals surface area contributed by atoms with Gasteiger partial charge < -0.3 is 0 Å². The zero-order valence-electron chi connectivity index (χ0n) is 9.74. The van der Waals surface area contributed by atoms with Crippen LogP contribution in [0.25, 0.3) is 0 Å². The lowest BCUT2D eigenvalue weighted by atomic mass is 9.96. The minimum atomic E-state index is -0.372. The number of carbonyl (C=O) groups excluding carboxylic acids is 1. The first-order valence-corrected chi connectivity index (χ1v) is 5.01. The van der Waals surface area contributed by atoms with Gasteiger partial charge >= 0.3 is 0 Å². The summed E-state index contributed by atoms with van der Waals surface area (Å²) in [5, 5.41) is 1.73.